The lowest BCUT2D eigenvalue weighted by molar-refractivity contribution is 0.0987. The number of aryl methyl sites for hydroxylation is 1. The van der Waals surface area contributed by atoms with Gasteiger partial charge < -0.3 is 4.74 Å². The largest absolute Gasteiger partial charge is 0.497 e. The number of fused-ring (bicyclic) bond motifs is 1. The van der Waals surface area contributed by atoms with Gasteiger partial charge in [-0.3, -0.25) is 4.79 Å². The number of benzene rings is 3. The summed E-state index contributed by atoms with van der Waals surface area (Å²) in [4.78, 5) is 17.9. The fourth-order valence-electron chi connectivity index (χ4n) is 2.88. The molecule has 0 N–H and O–H groups in total. The highest BCUT2D eigenvalue weighted by atomic mass is 79.9. The van der Waals surface area contributed by atoms with Crippen LogP contribution in [0.1, 0.15) is 21.5 Å². The number of halogens is 1. The molecule has 0 aliphatic heterocycles. The average Bonchev–Trinajstić information content (AvgIpc) is 3.17. The van der Waals surface area contributed by atoms with Gasteiger partial charge in [0.15, 0.2) is 0 Å². The van der Waals surface area contributed by atoms with Crippen molar-refractivity contribution in [1.29, 1.82) is 0 Å². The number of rotatable bonds is 5. The molecule has 0 aliphatic carbocycles. The molecule has 0 saturated carbocycles. The standard InChI is InChI=1S/C23H18BrN3O2S/c1-15-4-3-5-17(12-15)22(28)27(25-14-16-6-9-19(29-2)10-7-16)23-26-20-11-8-18(24)13-21(20)30-23/h3-14H,1-2H3/b25-14+. The predicted molar refractivity (Wildman–Crippen MR) is 126 cm³/mol. The first-order valence-corrected chi connectivity index (χ1v) is 10.8. The minimum absolute atomic E-state index is 0.235. The van der Waals surface area contributed by atoms with Crippen molar-refractivity contribution in [3.63, 3.8) is 0 Å². The third kappa shape index (κ3) is 4.42. The molecular weight excluding hydrogens is 462 g/mol. The molecule has 3 aromatic carbocycles. The Balaban J connectivity index is 1.74. The van der Waals surface area contributed by atoms with E-state index in [4.69, 9.17) is 4.74 Å². The lowest BCUT2D eigenvalue weighted by Gasteiger charge is -2.14. The number of methoxy groups -OCH3 is 1. The highest BCUT2D eigenvalue weighted by molar-refractivity contribution is 9.10. The van der Waals surface area contributed by atoms with Gasteiger partial charge >= 0.3 is 0 Å². The summed E-state index contributed by atoms with van der Waals surface area (Å²) < 4.78 is 7.13. The highest BCUT2D eigenvalue weighted by Crippen LogP contribution is 2.32. The molecule has 1 aromatic heterocycles. The van der Waals surface area contributed by atoms with Crippen LogP contribution in [0.3, 0.4) is 0 Å². The molecule has 4 aromatic rings. The molecule has 0 atom stereocenters. The second-order valence-corrected chi connectivity index (χ2v) is 8.54. The molecule has 150 valence electrons. The van der Waals surface area contributed by atoms with Crippen molar-refractivity contribution in [2.45, 2.75) is 6.92 Å². The second kappa shape index (κ2) is 8.77. The molecule has 7 heteroatoms. The Labute approximate surface area is 186 Å². The number of aromatic nitrogens is 1. The molecule has 0 spiro atoms. The first kappa shape index (κ1) is 20.3. The van der Waals surface area contributed by atoms with Gasteiger partial charge in [0.25, 0.3) is 5.91 Å². The Bertz CT molecular complexity index is 1230. The number of carbonyl (C=O) groups excluding carboxylic acids is 1. The maximum Gasteiger partial charge on any atom is 0.280 e. The molecule has 0 saturated heterocycles. The van der Waals surface area contributed by atoms with Gasteiger partial charge in [-0.05, 0) is 67.1 Å². The zero-order valence-corrected chi connectivity index (χ0v) is 18.8. The van der Waals surface area contributed by atoms with E-state index in [9.17, 15) is 4.79 Å². The summed E-state index contributed by atoms with van der Waals surface area (Å²) in [7, 11) is 1.62. The third-order valence-electron chi connectivity index (χ3n) is 4.42. The molecule has 1 heterocycles. The zero-order chi connectivity index (χ0) is 21.1. The molecular formula is C23H18BrN3O2S. The Morgan fingerprint density at radius 1 is 1.13 bits per heavy atom. The average molecular weight is 480 g/mol. The lowest BCUT2D eigenvalue weighted by Crippen LogP contribution is -2.25. The first-order valence-electron chi connectivity index (χ1n) is 9.19. The number of anilines is 1. The fraction of sp³-hybridized carbons (Fsp3) is 0.0870. The fourth-order valence-corrected chi connectivity index (χ4v) is 4.35. The van der Waals surface area contributed by atoms with Gasteiger partial charge in [0.2, 0.25) is 5.13 Å². The van der Waals surface area contributed by atoms with E-state index in [0.29, 0.717) is 10.7 Å². The van der Waals surface area contributed by atoms with Crippen LogP contribution in [0.4, 0.5) is 5.13 Å². The van der Waals surface area contributed by atoms with E-state index in [1.807, 2.05) is 67.6 Å². The predicted octanol–water partition coefficient (Wildman–Crippen LogP) is 6.06. The number of nitrogens with zero attached hydrogens (tertiary/aromatic N) is 3. The molecule has 4 rings (SSSR count). The number of carbonyl (C=O) groups is 1. The Morgan fingerprint density at radius 2 is 1.93 bits per heavy atom. The van der Waals surface area contributed by atoms with Crippen molar-refractivity contribution in [3.05, 3.63) is 87.9 Å². The highest BCUT2D eigenvalue weighted by Gasteiger charge is 2.21. The summed E-state index contributed by atoms with van der Waals surface area (Å²) in [5.41, 5.74) is 3.23. The van der Waals surface area contributed by atoms with Crippen LogP contribution in [-0.2, 0) is 0 Å². The molecule has 0 bridgehead atoms. The number of ether oxygens (including phenoxy) is 1. The summed E-state index contributed by atoms with van der Waals surface area (Å²) in [5.74, 6) is 0.526. The molecule has 0 fully saturated rings. The molecule has 0 radical (unpaired) electrons. The molecule has 30 heavy (non-hydrogen) atoms. The first-order chi connectivity index (χ1) is 14.5. The summed E-state index contributed by atoms with van der Waals surface area (Å²) in [6.45, 7) is 1.96. The van der Waals surface area contributed by atoms with Crippen LogP contribution < -0.4 is 9.75 Å². The van der Waals surface area contributed by atoms with E-state index in [1.54, 1.807) is 19.4 Å². The van der Waals surface area contributed by atoms with E-state index >= 15 is 0 Å². The number of hydrogen-bond acceptors (Lipinski definition) is 5. The summed E-state index contributed by atoms with van der Waals surface area (Å²) in [6.07, 6.45) is 1.65. The maximum absolute atomic E-state index is 13.3. The molecule has 0 unspecified atom stereocenters. The minimum atomic E-state index is -0.235. The van der Waals surface area contributed by atoms with E-state index in [-0.39, 0.29) is 5.91 Å². The van der Waals surface area contributed by atoms with E-state index in [2.05, 4.69) is 26.0 Å². The number of thiazole rings is 1. The van der Waals surface area contributed by atoms with Crippen LogP contribution in [0.25, 0.3) is 10.2 Å². The van der Waals surface area contributed by atoms with E-state index in [1.165, 1.54) is 16.3 Å². The Hall–Kier alpha value is -3.03. The van der Waals surface area contributed by atoms with Crippen molar-refractivity contribution in [3.8, 4) is 5.75 Å². The monoisotopic (exact) mass is 479 g/mol. The van der Waals surface area contributed by atoms with Crippen LogP contribution in [0, 0.1) is 6.92 Å². The quantitative estimate of drug-likeness (QED) is 0.258. The van der Waals surface area contributed by atoms with E-state index < -0.39 is 0 Å². The van der Waals surface area contributed by atoms with Gasteiger partial charge in [0, 0.05) is 10.0 Å². The third-order valence-corrected chi connectivity index (χ3v) is 5.90. The number of hydrazone groups is 1. The zero-order valence-electron chi connectivity index (χ0n) is 16.4. The normalized spacial score (nSPS) is 11.2. The van der Waals surface area contributed by atoms with Crippen LogP contribution in [-0.4, -0.2) is 24.2 Å². The number of hydrogen-bond donors (Lipinski definition) is 0. The van der Waals surface area contributed by atoms with Gasteiger partial charge in [-0.25, -0.2) is 4.98 Å². The maximum atomic E-state index is 13.3. The van der Waals surface area contributed by atoms with E-state index in [0.717, 1.165) is 31.6 Å². The van der Waals surface area contributed by atoms with Gasteiger partial charge in [0.1, 0.15) is 5.75 Å². The summed E-state index contributed by atoms with van der Waals surface area (Å²) >= 11 is 4.90. The van der Waals surface area contributed by atoms with Gasteiger partial charge in [-0.15, -0.1) is 0 Å². The Morgan fingerprint density at radius 3 is 2.67 bits per heavy atom. The van der Waals surface area contributed by atoms with Crippen LogP contribution >= 0.6 is 27.3 Å². The van der Waals surface area contributed by atoms with Crippen molar-refractivity contribution in [1.82, 2.24) is 4.98 Å². The van der Waals surface area contributed by atoms with Crippen LogP contribution in [0.5, 0.6) is 5.75 Å². The topological polar surface area (TPSA) is 54.8 Å². The summed E-state index contributed by atoms with van der Waals surface area (Å²) in [5, 5.41) is 6.37. The minimum Gasteiger partial charge on any atom is -0.497 e. The van der Waals surface area contributed by atoms with Gasteiger partial charge in [-0.1, -0.05) is 45.0 Å². The Kier molecular flexibility index (Phi) is 5.92. The SMILES string of the molecule is COc1ccc(/C=N/N(C(=O)c2cccc(C)c2)c2nc3ccc(Br)cc3s2)cc1. The smallest absolute Gasteiger partial charge is 0.280 e. The van der Waals surface area contributed by atoms with Crippen molar-refractivity contribution in [2.24, 2.45) is 5.10 Å². The van der Waals surface area contributed by atoms with Crippen LogP contribution in [0.2, 0.25) is 0 Å². The second-order valence-electron chi connectivity index (χ2n) is 6.61. The van der Waals surface area contributed by atoms with Gasteiger partial charge in [-0.2, -0.15) is 10.1 Å². The van der Waals surface area contributed by atoms with Crippen molar-refractivity contribution >= 4 is 54.7 Å². The molecule has 0 aliphatic rings. The van der Waals surface area contributed by atoms with Crippen molar-refractivity contribution < 1.29 is 9.53 Å². The van der Waals surface area contributed by atoms with Crippen molar-refractivity contribution in [2.75, 3.05) is 12.1 Å². The molecule has 5 nitrogen and oxygen atoms in total. The number of amides is 1. The summed E-state index contributed by atoms with van der Waals surface area (Å²) in [6, 6.07) is 20.8. The molecule has 1 amide bonds. The van der Waals surface area contributed by atoms with Crippen LogP contribution in [0.15, 0.2) is 76.3 Å². The van der Waals surface area contributed by atoms with Gasteiger partial charge in [0.05, 0.1) is 23.5 Å². The lowest BCUT2D eigenvalue weighted by atomic mass is 10.1.